The average Bonchev–Trinajstić information content (AvgIpc) is 2.65. The molecule has 0 atom stereocenters. The summed E-state index contributed by atoms with van der Waals surface area (Å²) in [6.45, 7) is 3.80. The van der Waals surface area contributed by atoms with E-state index in [1.807, 2.05) is 38.1 Å². The molecule has 0 radical (unpaired) electrons. The van der Waals surface area contributed by atoms with Gasteiger partial charge in [0.05, 0.1) is 5.54 Å². The van der Waals surface area contributed by atoms with Gasteiger partial charge in [-0.05, 0) is 48.4 Å². The second-order valence-electron chi connectivity index (χ2n) is 5.48. The first-order chi connectivity index (χ1) is 9.47. The van der Waals surface area contributed by atoms with Crippen molar-refractivity contribution in [2.24, 2.45) is 0 Å². The summed E-state index contributed by atoms with van der Waals surface area (Å²) < 4.78 is 13.7. The third-order valence-electron chi connectivity index (χ3n) is 3.56. The van der Waals surface area contributed by atoms with Crippen LogP contribution in [0.15, 0.2) is 42.0 Å². The summed E-state index contributed by atoms with van der Waals surface area (Å²) in [5.74, 6) is -0.483. The highest BCUT2D eigenvalue weighted by molar-refractivity contribution is 6.04. The highest BCUT2D eigenvalue weighted by atomic mass is 19.1. The molecule has 0 unspecified atom stereocenters. The minimum absolute atomic E-state index is 0.177. The van der Waals surface area contributed by atoms with E-state index in [1.165, 1.54) is 12.1 Å². The second-order valence-corrected chi connectivity index (χ2v) is 5.48. The predicted octanol–water partition coefficient (Wildman–Crippen LogP) is 2.78. The fraction of sp³-hybridized carbons (Fsp3) is 0.188. The molecule has 3 nitrogen and oxygen atoms in total. The van der Waals surface area contributed by atoms with Crippen molar-refractivity contribution in [3.05, 3.63) is 53.4 Å². The van der Waals surface area contributed by atoms with Crippen molar-refractivity contribution >= 4 is 22.8 Å². The molecule has 2 N–H and O–H groups in total. The van der Waals surface area contributed by atoms with Crippen molar-refractivity contribution in [2.75, 3.05) is 0 Å². The molecule has 4 heteroatoms. The first kappa shape index (κ1) is 12.8. The monoisotopic (exact) mass is 270 g/mol. The van der Waals surface area contributed by atoms with Gasteiger partial charge in [-0.15, -0.1) is 0 Å². The van der Waals surface area contributed by atoms with Crippen LogP contribution in [0, 0.1) is 5.82 Å². The lowest BCUT2D eigenvalue weighted by molar-refractivity contribution is -0.116. The van der Waals surface area contributed by atoms with Gasteiger partial charge in [-0.25, -0.2) is 9.82 Å². The van der Waals surface area contributed by atoms with Crippen LogP contribution < -0.4 is 10.9 Å². The molecule has 1 aliphatic heterocycles. The molecule has 2 aromatic rings. The molecule has 0 spiro atoms. The fourth-order valence-corrected chi connectivity index (χ4v) is 2.45. The quantitative estimate of drug-likeness (QED) is 0.782. The third kappa shape index (κ3) is 2.08. The molecule has 102 valence electrons. The number of benzene rings is 2. The number of rotatable bonds is 1. The predicted molar refractivity (Wildman–Crippen MR) is 77.2 cm³/mol. The maximum Gasteiger partial charge on any atom is 0.263 e. The van der Waals surface area contributed by atoms with E-state index in [4.69, 9.17) is 0 Å². The molecule has 1 saturated heterocycles. The number of halogens is 1. The zero-order valence-electron chi connectivity index (χ0n) is 11.3. The Morgan fingerprint density at radius 2 is 1.95 bits per heavy atom. The lowest BCUT2D eigenvalue weighted by Crippen LogP contribution is -2.38. The summed E-state index contributed by atoms with van der Waals surface area (Å²) >= 11 is 0. The van der Waals surface area contributed by atoms with E-state index in [1.54, 1.807) is 6.08 Å². The van der Waals surface area contributed by atoms with Gasteiger partial charge in [0.2, 0.25) is 0 Å². The highest BCUT2D eigenvalue weighted by Crippen LogP contribution is 2.27. The molecule has 1 amide bonds. The maximum atomic E-state index is 13.7. The number of hydrogen-bond acceptors (Lipinski definition) is 2. The first-order valence-corrected chi connectivity index (χ1v) is 6.45. The largest absolute Gasteiger partial charge is 0.287 e. The van der Waals surface area contributed by atoms with Crippen LogP contribution in [0.1, 0.15) is 19.4 Å². The topological polar surface area (TPSA) is 41.1 Å². The molecular weight excluding hydrogens is 255 g/mol. The van der Waals surface area contributed by atoms with Crippen LogP contribution >= 0.6 is 0 Å². The molecular formula is C16H15FN2O. The Morgan fingerprint density at radius 3 is 2.65 bits per heavy atom. The smallest absolute Gasteiger partial charge is 0.263 e. The number of hydrogen-bond donors (Lipinski definition) is 2. The second kappa shape index (κ2) is 4.42. The normalized spacial score (nSPS) is 19.6. The summed E-state index contributed by atoms with van der Waals surface area (Å²) in [5, 5.41) is 1.75. The molecule has 0 aliphatic carbocycles. The Hall–Kier alpha value is -2.20. The fourth-order valence-electron chi connectivity index (χ4n) is 2.45. The summed E-state index contributed by atoms with van der Waals surface area (Å²) in [6.07, 6.45) is 1.75. The van der Waals surface area contributed by atoms with E-state index in [2.05, 4.69) is 10.9 Å². The van der Waals surface area contributed by atoms with Crippen LogP contribution in [0.25, 0.3) is 16.8 Å². The van der Waals surface area contributed by atoms with Gasteiger partial charge in [0.15, 0.2) is 0 Å². The van der Waals surface area contributed by atoms with E-state index < -0.39 is 5.54 Å². The number of fused-ring (bicyclic) bond motifs is 1. The van der Waals surface area contributed by atoms with E-state index in [-0.39, 0.29) is 11.7 Å². The van der Waals surface area contributed by atoms with Gasteiger partial charge in [-0.2, -0.15) is 0 Å². The third-order valence-corrected chi connectivity index (χ3v) is 3.56. The number of carbonyl (C=O) groups is 1. The Balaban J connectivity index is 2.22. The van der Waals surface area contributed by atoms with Crippen LogP contribution in [0.3, 0.4) is 0 Å². The molecule has 0 saturated carbocycles. The Bertz CT molecular complexity index is 734. The summed E-state index contributed by atoms with van der Waals surface area (Å²) in [4.78, 5) is 11.9. The van der Waals surface area contributed by atoms with Crippen molar-refractivity contribution in [3.63, 3.8) is 0 Å². The minimum atomic E-state index is -0.482. The van der Waals surface area contributed by atoms with Gasteiger partial charge in [0, 0.05) is 5.57 Å². The lowest BCUT2D eigenvalue weighted by atomic mass is 9.92. The highest BCUT2D eigenvalue weighted by Gasteiger charge is 2.35. The van der Waals surface area contributed by atoms with Gasteiger partial charge in [-0.1, -0.05) is 24.3 Å². The minimum Gasteiger partial charge on any atom is -0.287 e. The zero-order valence-corrected chi connectivity index (χ0v) is 11.3. The molecule has 0 aromatic heterocycles. The molecule has 2 aromatic carbocycles. The van der Waals surface area contributed by atoms with Crippen LogP contribution in [-0.2, 0) is 4.79 Å². The number of nitrogens with one attached hydrogen (secondary N) is 2. The van der Waals surface area contributed by atoms with E-state index in [0.29, 0.717) is 11.1 Å². The lowest BCUT2D eigenvalue weighted by Gasteiger charge is -2.17. The molecule has 1 fully saturated rings. The van der Waals surface area contributed by atoms with Crippen molar-refractivity contribution in [1.29, 1.82) is 0 Å². The van der Waals surface area contributed by atoms with Crippen molar-refractivity contribution in [3.8, 4) is 0 Å². The van der Waals surface area contributed by atoms with Gasteiger partial charge >= 0.3 is 0 Å². The standard InChI is InChI=1S/C16H15FN2O/c1-16(2)14(15(20)18-19-16)9-11-8-12(17)7-10-5-3-4-6-13(10)11/h3-9,19H,1-2H3,(H,18,20)/b14-9+. The Labute approximate surface area is 116 Å². The summed E-state index contributed by atoms with van der Waals surface area (Å²) in [5.41, 5.74) is 6.33. The molecule has 1 heterocycles. The van der Waals surface area contributed by atoms with Gasteiger partial charge in [0.1, 0.15) is 5.82 Å². The van der Waals surface area contributed by atoms with Gasteiger partial charge in [-0.3, -0.25) is 10.2 Å². The first-order valence-electron chi connectivity index (χ1n) is 6.45. The SMILES string of the molecule is CC1(C)NNC(=O)/C1=C\c1cc(F)cc2ccccc12. The van der Waals surface area contributed by atoms with Crippen LogP contribution in [0.2, 0.25) is 0 Å². The van der Waals surface area contributed by atoms with Crippen molar-refractivity contribution in [2.45, 2.75) is 19.4 Å². The number of carbonyl (C=O) groups excluding carboxylic acids is 1. The number of amides is 1. The maximum absolute atomic E-state index is 13.7. The van der Waals surface area contributed by atoms with E-state index in [9.17, 15) is 9.18 Å². The molecule has 1 aliphatic rings. The molecule has 3 rings (SSSR count). The molecule has 20 heavy (non-hydrogen) atoms. The summed E-state index contributed by atoms with van der Waals surface area (Å²) in [6, 6.07) is 10.5. The molecule has 0 bridgehead atoms. The van der Waals surface area contributed by atoms with E-state index >= 15 is 0 Å². The van der Waals surface area contributed by atoms with Crippen molar-refractivity contribution in [1.82, 2.24) is 10.9 Å². The van der Waals surface area contributed by atoms with Gasteiger partial charge < -0.3 is 0 Å². The number of hydrazine groups is 1. The zero-order chi connectivity index (χ0) is 14.3. The Morgan fingerprint density at radius 1 is 1.20 bits per heavy atom. The van der Waals surface area contributed by atoms with Crippen LogP contribution in [0.4, 0.5) is 4.39 Å². The van der Waals surface area contributed by atoms with Crippen molar-refractivity contribution < 1.29 is 9.18 Å². The van der Waals surface area contributed by atoms with Gasteiger partial charge in [0.25, 0.3) is 5.91 Å². The average molecular weight is 270 g/mol. The van der Waals surface area contributed by atoms with E-state index in [0.717, 1.165) is 10.8 Å². The van der Waals surface area contributed by atoms with Crippen LogP contribution in [0.5, 0.6) is 0 Å². The van der Waals surface area contributed by atoms with Crippen LogP contribution in [-0.4, -0.2) is 11.4 Å². The summed E-state index contributed by atoms with van der Waals surface area (Å²) in [7, 11) is 0. The Kier molecular flexibility index (Phi) is 2.83.